The maximum Gasteiger partial charge on any atom is 0.270 e. The number of benzene rings is 2. The fourth-order valence-electron chi connectivity index (χ4n) is 3.95. The minimum Gasteiger partial charge on any atom is -0.351 e. The second-order valence-electron chi connectivity index (χ2n) is 7.26. The van der Waals surface area contributed by atoms with Crippen molar-refractivity contribution in [2.24, 2.45) is 0 Å². The largest absolute Gasteiger partial charge is 0.351 e. The van der Waals surface area contributed by atoms with Gasteiger partial charge >= 0.3 is 0 Å². The Kier molecular flexibility index (Phi) is 5.15. The van der Waals surface area contributed by atoms with Crippen molar-refractivity contribution in [2.75, 3.05) is 26.2 Å². The number of rotatable bonds is 4. The Balaban J connectivity index is 1.41. The lowest BCUT2D eigenvalue weighted by molar-refractivity contribution is -0.134. The number of para-hydroxylation sites is 1. The number of carbonyl (C=O) groups is 2. The summed E-state index contributed by atoms with van der Waals surface area (Å²) in [6.45, 7) is 4.32. The molecule has 1 atom stereocenters. The van der Waals surface area contributed by atoms with Crippen molar-refractivity contribution in [2.45, 2.75) is 19.3 Å². The van der Waals surface area contributed by atoms with Gasteiger partial charge < -0.3 is 14.8 Å². The van der Waals surface area contributed by atoms with Crippen LogP contribution in [0.15, 0.2) is 60.7 Å². The van der Waals surface area contributed by atoms with Gasteiger partial charge in [-0.15, -0.1) is 0 Å². The SMILES string of the molecule is CC[C@H](C(=O)N1CCN(C(=O)c2cc3ccccc3[nH]2)CC1)c1ccccc1. The number of hydrogen-bond donors (Lipinski definition) is 1. The van der Waals surface area contributed by atoms with Gasteiger partial charge in [-0.3, -0.25) is 9.59 Å². The molecular formula is C23H25N3O2. The molecule has 1 aromatic heterocycles. The predicted molar refractivity (Wildman–Crippen MR) is 110 cm³/mol. The number of nitrogens with one attached hydrogen (secondary N) is 1. The van der Waals surface area contributed by atoms with Crippen LogP contribution in [0.3, 0.4) is 0 Å². The first kappa shape index (κ1) is 18.3. The van der Waals surface area contributed by atoms with E-state index in [2.05, 4.69) is 4.98 Å². The van der Waals surface area contributed by atoms with Crippen LogP contribution in [-0.4, -0.2) is 52.8 Å². The van der Waals surface area contributed by atoms with Crippen LogP contribution in [-0.2, 0) is 4.79 Å². The van der Waals surface area contributed by atoms with Crippen LogP contribution < -0.4 is 0 Å². The molecule has 1 aliphatic heterocycles. The van der Waals surface area contributed by atoms with Crippen molar-refractivity contribution in [3.05, 3.63) is 71.9 Å². The Bertz CT molecular complexity index is 939. The Labute approximate surface area is 165 Å². The number of aromatic nitrogens is 1. The third-order valence-corrected chi connectivity index (χ3v) is 5.55. The van der Waals surface area contributed by atoms with Gasteiger partial charge in [-0.2, -0.15) is 0 Å². The van der Waals surface area contributed by atoms with Gasteiger partial charge in [0.25, 0.3) is 5.91 Å². The van der Waals surface area contributed by atoms with Gasteiger partial charge in [0.15, 0.2) is 0 Å². The third kappa shape index (κ3) is 3.52. The summed E-state index contributed by atoms with van der Waals surface area (Å²) in [6.07, 6.45) is 0.775. The molecule has 2 amide bonds. The summed E-state index contributed by atoms with van der Waals surface area (Å²) in [5.74, 6) is 0.0435. The Morgan fingerprint density at radius 1 is 0.929 bits per heavy atom. The first-order chi connectivity index (χ1) is 13.7. The first-order valence-electron chi connectivity index (χ1n) is 9.88. The normalized spacial score (nSPS) is 15.6. The van der Waals surface area contributed by atoms with Crippen molar-refractivity contribution in [3.8, 4) is 0 Å². The molecule has 1 aliphatic rings. The molecule has 144 valence electrons. The summed E-state index contributed by atoms with van der Waals surface area (Å²) in [4.78, 5) is 32.8. The van der Waals surface area contributed by atoms with Crippen molar-refractivity contribution in [1.82, 2.24) is 14.8 Å². The third-order valence-electron chi connectivity index (χ3n) is 5.55. The fraction of sp³-hybridized carbons (Fsp3) is 0.304. The number of amides is 2. The molecule has 0 spiro atoms. The van der Waals surface area contributed by atoms with Crippen molar-refractivity contribution in [3.63, 3.8) is 0 Å². The number of H-pyrrole nitrogens is 1. The van der Waals surface area contributed by atoms with Crippen LogP contribution in [0.2, 0.25) is 0 Å². The lowest BCUT2D eigenvalue weighted by Gasteiger charge is -2.36. The highest BCUT2D eigenvalue weighted by Gasteiger charge is 2.29. The predicted octanol–water partition coefficient (Wildman–Crippen LogP) is 3.65. The van der Waals surface area contributed by atoms with Gasteiger partial charge in [-0.1, -0.05) is 55.5 Å². The molecule has 1 fully saturated rings. The van der Waals surface area contributed by atoms with Gasteiger partial charge in [-0.05, 0) is 24.1 Å². The number of nitrogens with zero attached hydrogens (tertiary/aromatic N) is 2. The second kappa shape index (κ2) is 7.89. The minimum atomic E-state index is -0.114. The van der Waals surface area contributed by atoms with Gasteiger partial charge in [0.2, 0.25) is 5.91 Å². The van der Waals surface area contributed by atoms with Gasteiger partial charge in [0.1, 0.15) is 5.69 Å². The summed E-state index contributed by atoms with van der Waals surface area (Å²) in [6, 6.07) is 19.7. The van der Waals surface area contributed by atoms with E-state index in [0.29, 0.717) is 31.9 Å². The van der Waals surface area contributed by atoms with E-state index in [4.69, 9.17) is 0 Å². The molecular weight excluding hydrogens is 350 g/mol. The van der Waals surface area contributed by atoms with E-state index in [1.807, 2.05) is 77.4 Å². The van der Waals surface area contributed by atoms with E-state index in [1.165, 1.54) is 0 Å². The molecule has 3 aromatic rings. The Morgan fingerprint density at radius 2 is 1.57 bits per heavy atom. The van der Waals surface area contributed by atoms with E-state index in [1.54, 1.807) is 0 Å². The minimum absolute atomic E-state index is 0.00148. The highest BCUT2D eigenvalue weighted by molar-refractivity contribution is 5.98. The van der Waals surface area contributed by atoms with Crippen molar-refractivity contribution in [1.29, 1.82) is 0 Å². The summed E-state index contributed by atoms with van der Waals surface area (Å²) in [5, 5.41) is 1.04. The van der Waals surface area contributed by atoms with E-state index in [0.717, 1.165) is 22.9 Å². The van der Waals surface area contributed by atoms with Crippen LogP contribution >= 0.6 is 0 Å². The van der Waals surface area contributed by atoms with E-state index < -0.39 is 0 Å². The highest BCUT2D eigenvalue weighted by Crippen LogP contribution is 2.23. The topological polar surface area (TPSA) is 56.4 Å². The number of carbonyl (C=O) groups excluding carboxylic acids is 2. The highest BCUT2D eigenvalue weighted by atomic mass is 16.2. The Morgan fingerprint density at radius 3 is 2.25 bits per heavy atom. The summed E-state index contributed by atoms with van der Waals surface area (Å²) in [7, 11) is 0. The van der Waals surface area contributed by atoms with Crippen molar-refractivity contribution >= 4 is 22.7 Å². The molecule has 5 nitrogen and oxygen atoms in total. The number of aromatic amines is 1. The molecule has 0 bridgehead atoms. The average Bonchev–Trinajstić information content (AvgIpc) is 3.19. The van der Waals surface area contributed by atoms with Gasteiger partial charge in [0, 0.05) is 37.1 Å². The van der Waals surface area contributed by atoms with Crippen LogP contribution in [0.1, 0.15) is 35.3 Å². The molecule has 1 saturated heterocycles. The number of fused-ring (bicyclic) bond motifs is 1. The lowest BCUT2D eigenvalue weighted by Crippen LogP contribution is -2.51. The molecule has 1 N–H and O–H groups in total. The maximum absolute atomic E-state index is 13.0. The molecule has 0 aliphatic carbocycles. The average molecular weight is 375 g/mol. The molecule has 2 aromatic carbocycles. The zero-order valence-electron chi connectivity index (χ0n) is 16.1. The first-order valence-corrected chi connectivity index (χ1v) is 9.88. The van der Waals surface area contributed by atoms with Gasteiger partial charge in [-0.25, -0.2) is 0 Å². The van der Waals surface area contributed by atoms with Gasteiger partial charge in [0.05, 0.1) is 5.92 Å². The summed E-state index contributed by atoms with van der Waals surface area (Å²) in [5.41, 5.74) is 2.64. The van der Waals surface area contributed by atoms with Crippen LogP contribution in [0.5, 0.6) is 0 Å². The molecule has 2 heterocycles. The van der Waals surface area contributed by atoms with E-state index >= 15 is 0 Å². The Hall–Kier alpha value is -3.08. The lowest BCUT2D eigenvalue weighted by atomic mass is 9.95. The molecule has 5 heteroatoms. The van der Waals surface area contributed by atoms with Crippen LogP contribution in [0, 0.1) is 0 Å². The van der Waals surface area contributed by atoms with Crippen molar-refractivity contribution < 1.29 is 9.59 Å². The number of piperazine rings is 1. The monoisotopic (exact) mass is 375 g/mol. The summed E-state index contributed by atoms with van der Waals surface area (Å²) >= 11 is 0. The molecule has 28 heavy (non-hydrogen) atoms. The fourth-order valence-corrected chi connectivity index (χ4v) is 3.95. The quantitative estimate of drug-likeness (QED) is 0.757. The van der Waals surface area contributed by atoms with E-state index in [9.17, 15) is 9.59 Å². The number of hydrogen-bond acceptors (Lipinski definition) is 2. The standard InChI is InChI=1S/C23H25N3O2/c1-2-19(17-8-4-3-5-9-17)22(27)25-12-14-26(15-13-25)23(28)21-16-18-10-6-7-11-20(18)24-21/h3-11,16,19,24H,2,12-15H2,1H3/t19-/m0/s1. The summed E-state index contributed by atoms with van der Waals surface area (Å²) < 4.78 is 0. The molecule has 0 radical (unpaired) electrons. The molecule has 0 saturated carbocycles. The maximum atomic E-state index is 13.0. The zero-order valence-corrected chi connectivity index (χ0v) is 16.1. The molecule has 0 unspecified atom stereocenters. The van der Waals surface area contributed by atoms with Crippen LogP contribution in [0.4, 0.5) is 0 Å². The molecule has 4 rings (SSSR count). The zero-order chi connectivity index (χ0) is 19.5. The smallest absolute Gasteiger partial charge is 0.270 e. The second-order valence-corrected chi connectivity index (χ2v) is 7.26. The van der Waals surface area contributed by atoms with Crippen LogP contribution in [0.25, 0.3) is 10.9 Å². The van der Waals surface area contributed by atoms with E-state index in [-0.39, 0.29) is 17.7 Å².